The molecule has 0 saturated heterocycles. The first-order chi connectivity index (χ1) is 7.97. The number of rotatable bonds is 5. The van der Waals surface area contributed by atoms with Crippen LogP contribution >= 0.6 is 0 Å². The number of carbonyl (C=O) groups is 1. The summed E-state index contributed by atoms with van der Waals surface area (Å²) < 4.78 is 0. The molecular formula is C14H28N2O. The molecule has 17 heavy (non-hydrogen) atoms. The molecule has 1 saturated carbocycles. The smallest absolute Gasteiger partial charge is 0.223 e. The van der Waals surface area contributed by atoms with E-state index in [9.17, 15) is 4.79 Å². The normalized spacial score (nSPS) is 25.3. The van der Waals surface area contributed by atoms with Crippen LogP contribution in [0.5, 0.6) is 0 Å². The number of nitrogens with one attached hydrogen (secondary N) is 1. The van der Waals surface area contributed by atoms with Gasteiger partial charge in [0.2, 0.25) is 5.91 Å². The standard InChI is InChI=1S/C14H28N2O/c1-11(7-9-15)10-16-13(17)12-6-4-5-8-14(12,2)3/h11-12H,4-10,15H2,1-3H3,(H,16,17). The van der Waals surface area contributed by atoms with Gasteiger partial charge in [-0.2, -0.15) is 0 Å². The van der Waals surface area contributed by atoms with Crippen LogP contribution in [-0.2, 0) is 4.79 Å². The van der Waals surface area contributed by atoms with E-state index in [1.807, 2.05) is 0 Å². The summed E-state index contributed by atoms with van der Waals surface area (Å²) in [5.41, 5.74) is 5.68. The van der Waals surface area contributed by atoms with E-state index in [2.05, 4.69) is 26.1 Å². The van der Waals surface area contributed by atoms with Crippen molar-refractivity contribution >= 4 is 5.91 Å². The molecule has 2 unspecified atom stereocenters. The first-order valence-electron chi connectivity index (χ1n) is 6.95. The van der Waals surface area contributed by atoms with Crippen molar-refractivity contribution in [3.8, 4) is 0 Å². The molecule has 3 nitrogen and oxygen atoms in total. The van der Waals surface area contributed by atoms with Crippen molar-refractivity contribution in [1.29, 1.82) is 0 Å². The molecule has 0 aromatic heterocycles. The minimum Gasteiger partial charge on any atom is -0.356 e. The van der Waals surface area contributed by atoms with E-state index in [0.29, 0.717) is 12.5 Å². The van der Waals surface area contributed by atoms with E-state index >= 15 is 0 Å². The van der Waals surface area contributed by atoms with Crippen molar-refractivity contribution in [3.63, 3.8) is 0 Å². The van der Waals surface area contributed by atoms with Crippen LogP contribution in [0.15, 0.2) is 0 Å². The lowest BCUT2D eigenvalue weighted by molar-refractivity contribution is -0.130. The third kappa shape index (κ3) is 4.30. The molecule has 1 aliphatic carbocycles. The van der Waals surface area contributed by atoms with Crippen LogP contribution in [0.4, 0.5) is 0 Å². The van der Waals surface area contributed by atoms with Crippen LogP contribution in [0.3, 0.4) is 0 Å². The molecule has 0 aromatic rings. The molecule has 1 rings (SSSR count). The Labute approximate surface area is 106 Å². The second-order valence-corrected chi connectivity index (χ2v) is 6.21. The Morgan fingerprint density at radius 2 is 2.18 bits per heavy atom. The van der Waals surface area contributed by atoms with Crippen molar-refractivity contribution in [2.45, 2.75) is 52.9 Å². The average Bonchev–Trinajstić information content (AvgIpc) is 2.26. The molecule has 0 radical (unpaired) electrons. The number of hydrogen-bond donors (Lipinski definition) is 2. The minimum absolute atomic E-state index is 0.166. The van der Waals surface area contributed by atoms with Gasteiger partial charge in [-0.1, -0.05) is 33.6 Å². The fraction of sp³-hybridized carbons (Fsp3) is 0.929. The molecule has 100 valence electrons. The number of carbonyl (C=O) groups excluding carboxylic acids is 1. The summed E-state index contributed by atoms with van der Waals surface area (Å²) in [6.45, 7) is 8.05. The molecule has 1 aliphatic rings. The zero-order valence-electron chi connectivity index (χ0n) is 11.6. The summed E-state index contributed by atoms with van der Waals surface area (Å²) in [7, 11) is 0. The van der Waals surface area contributed by atoms with Gasteiger partial charge in [-0.25, -0.2) is 0 Å². The summed E-state index contributed by atoms with van der Waals surface area (Å²) in [6.07, 6.45) is 5.65. The maximum absolute atomic E-state index is 12.2. The highest BCUT2D eigenvalue weighted by atomic mass is 16.1. The average molecular weight is 240 g/mol. The lowest BCUT2D eigenvalue weighted by Crippen LogP contribution is -2.42. The van der Waals surface area contributed by atoms with E-state index in [0.717, 1.165) is 19.4 Å². The van der Waals surface area contributed by atoms with Crippen LogP contribution in [0, 0.1) is 17.3 Å². The van der Waals surface area contributed by atoms with Crippen LogP contribution in [0.2, 0.25) is 0 Å². The zero-order chi connectivity index (χ0) is 12.9. The monoisotopic (exact) mass is 240 g/mol. The molecule has 2 atom stereocenters. The Morgan fingerprint density at radius 1 is 1.47 bits per heavy atom. The van der Waals surface area contributed by atoms with Gasteiger partial charge >= 0.3 is 0 Å². The summed E-state index contributed by atoms with van der Waals surface area (Å²) in [6, 6.07) is 0. The number of amides is 1. The maximum atomic E-state index is 12.2. The molecule has 1 amide bonds. The molecule has 3 N–H and O–H groups in total. The van der Waals surface area contributed by atoms with Gasteiger partial charge < -0.3 is 11.1 Å². The second kappa shape index (κ2) is 6.39. The Bertz CT molecular complexity index is 251. The lowest BCUT2D eigenvalue weighted by atomic mass is 9.68. The predicted molar refractivity (Wildman–Crippen MR) is 71.6 cm³/mol. The maximum Gasteiger partial charge on any atom is 0.223 e. The first-order valence-corrected chi connectivity index (χ1v) is 6.95. The lowest BCUT2D eigenvalue weighted by Gasteiger charge is -2.37. The molecule has 0 bridgehead atoms. The predicted octanol–water partition coefficient (Wildman–Crippen LogP) is 2.30. The van der Waals surface area contributed by atoms with Crippen molar-refractivity contribution in [1.82, 2.24) is 5.32 Å². The van der Waals surface area contributed by atoms with E-state index in [4.69, 9.17) is 5.73 Å². The number of hydrogen-bond acceptors (Lipinski definition) is 2. The first kappa shape index (κ1) is 14.5. The quantitative estimate of drug-likeness (QED) is 0.774. The Kier molecular flexibility index (Phi) is 5.44. The van der Waals surface area contributed by atoms with Gasteiger partial charge in [0, 0.05) is 12.5 Å². The highest BCUT2D eigenvalue weighted by Gasteiger charge is 2.36. The second-order valence-electron chi connectivity index (χ2n) is 6.21. The zero-order valence-corrected chi connectivity index (χ0v) is 11.6. The van der Waals surface area contributed by atoms with E-state index in [1.165, 1.54) is 19.3 Å². The SMILES string of the molecule is CC(CCN)CNC(=O)C1CCCCC1(C)C. The van der Waals surface area contributed by atoms with E-state index in [1.54, 1.807) is 0 Å². The van der Waals surface area contributed by atoms with Gasteiger partial charge in [-0.15, -0.1) is 0 Å². The van der Waals surface area contributed by atoms with Gasteiger partial charge in [0.25, 0.3) is 0 Å². The molecule has 0 aromatic carbocycles. The molecular weight excluding hydrogens is 212 g/mol. The van der Waals surface area contributed by atoms with Crippen LogP contribution in [-0.4, -0.2) is 19.0 Å². The molecule has 0 aliphatic heterocycles. The fourth-order valence-electron chi connectivity index (χ4n) is 2.76. The highest BCUT2D eigenvalue weighted by molar-refractivity contribution is 5.79. The van der Waals surface area contributed by atoms with Crippen molar-refractivity contribution < 1.29 is 4.79 Å². The van der Waals surface area contributed by atoms with Gasteiger partial charge in [0.1, 0.15) is 0 Å². The summed E-state index contributed by atoms with van der Waals surface area (Å²) >= 11 is 0. The third-order valence-corrected chi connectivity index (χ3v) is 4.11. The minimum atomic E-state index is 0.166. The van der Waals surface area contributed by atoms with Crippen LogP contribution in [0.1, 0.15) is 52.9 Å². The topological polar surface area (TPSA) is 55.1 Å². The largest absolute Gasteiger partial charge is 0.356 e. The van der Waals surface area contributed by atoms with Crippen molar-refractivity contribution in [3.05, 3.63) is 0 Å². The van der Waals surface area contributed by atoms with Gasteiger partial charge in [-0.05, 0) is 37.1 Å². The van der Waals surface area contributed by atoms with Gasteiger partial charge in [0.05, 0.1) is 0 Å². The van der Waals surface area contributed by atoms with Crippen molar-refractivity contribution in [2.24, 2.45) is 23.0 Å². The van der Waals surface area contributed by atoms with Gasteiger partial charge in [0.15, 0.2) is 0 Å². The Balaban J connectivity index is 2.41. The molecule has 0 heterocycles. The third-order valence-electron chi connectivity index (χ3n) is 4.11. The van der Waals surface area contributed by atoms with E-state index < -0.39 is 0 Å². The molecule has 0 spiro atoms. The highest BCUT2D eigenvalue weighted by Crippen LogP contribution is 2.40. The summed E-state index contributed by atoms with van der Waals surface area (Å²) in [5.74, 6) is 0.926. The fourth-order valence-corrected chi connectivity index (χ4v) is 2.76. The van der Waals surface area contributed by atoms with Gasteiger partial charge in [-0.3, -0.25) is 4.79 Å². The Hall–Kier alpha value is -0.570. The summed E-state index contributed by atoms with van der Waals surface area (Å²) in [4.78, 5) is 12.2. The summed E-state index contributed by atoms with van der Waals surface area (Å²) in [5, 5.41) is 3.10. The van der Waals surface area contributed by atoms with Crippen LogP contribution < -0.4 is 11.1 Å². The van der Waals surface area contributed by atoms with Crippen molar-refractivity contribution in [2.75, 3.05) is 13.1 Å². The Morgan fingerprint density at radius 3 is 2.76 bits per heavy atom. The number of nitrogens with two attached hydrogens (primary N) is 1. The van der Waals surface area contributed by atoms with Crippen LogP contribution in [0.25, 0.3) is 0 Å². The molecule has 3 heteroatoms. The van der Waals surface area contributed by atoms with E-state index in [-0.39, 0.29) is 17.2 Å². The molecule has 1 fully saturated rings.